The van der Waals surface area contributed by atoms with Crippen molar-refractivity contribution < 1.29 is 33.5 Å². The fourth-order valence-electron chi connectivity index (χ4n) is 3.30. The highest BCUT2D eigenvalue weighted by atomic mass is 16.6. The maximum absolute atomic E-state index is 12.7. The standard InChI is InChI=1S/C23H27N3O8/c1-2-32-18-4-6-19(7-5-18)33-12-9-24-22(27)16-34-23(28)20-15-17(26(29)30)3-8-21(20)25-10-13-31-14-11-25/h3-8,15H,2,9-14,16H2,1H3,(H,24,27). The molecule has 0 aromatic heterocycles. The summed E-state index contributed by atoms with van der Waals surface area (Å²) in [6.45, 7) is 4.41. The van der Waals surface area contributed by atoms with Gasteiger partial charge in [0.15, 0.2) is 6.61 Å². The Balaban J connectivity index is 1.48. The van der Waals surface area contributed by atoms with E-state index in [0.717, 1.165) is 11.8 Å². The predicted octanol–water partition coefficient (Wildman–Crippen LogP) is 2.18. The van der Waals surface area contributed by atoms with Crippen molar-refractivity contribution in [3.8, 4) is 11.5 Å². The van der Waals surface area contributed by atoms with Crippen LogP contribution in [0.2, 0.25) is 0 Å². The molecule has 3 rings (SSSR count). The lowest BCUT2D eigenvalue weighted by Crippen LogP contribution is -2.37. The number of nitrogens with zero attached hydrogens (tertiary/aromatic N) is 2. The van der Waals surface area contributed by atoms with Crippen molar-refractivity contribution in [3.63, 3.8) is 0 Å². The maximum atomic E-state index is 12.7. The molecule has 34 heavy (non-hydrogen) atoms. The number of hydrogen-bond donors (Lipinski definition) is 1. The fourth-order valence-corrected chi connectivity index (χ4v) is 3.30. The maximum Gasteiger partial charge on any atom is 0.341 e. The van der Waals surface area contributed by atoms with Crippen molar-refractivity contribution in [2.24, 2.45) is 0 Å². The van der Waals surface area contributed by atoms with E-state index < -0.39 is 23.4 Å². The number of carbonyl (C=O) groups is 2. The van der Waals surface area contributed by atoms with Crippen molar-refractivity contribution in [1.29, 1.82) is 0 Å². The molecule has 1 fully saturated rings. The number of nitrogens with one attached hydrogen (secondary N) is 1. The van der Waals surface area contributed by atoms with Gasteiger partial charge in [0.1, 0.15) is 18.1 Å². The SMILES string of the molecule is CCOc1ccc(OCCNC(=O)COC(=O)c2cc([N+](=O)[O-])ccc2N2CCOCC2)cc1. The number of carbonyl (C=O) groups excluding carboxylic acids is 2. The molecule has 11 nitrogen and oxygen atoms in total. The zero-order valence-corrected chi connectivity index (χ0v) is 18.9. The van der Waals surface area contributed by atoms with Crippen LogP contribution in [0.5, 0.6) is 11.5 Å². The summed E-state index contributed by atoms with van der Waals surface area (Å²) in [5.41, 5.74) is 0.297. The summed E-state index contributed by atoms with van der Waals surface area (Å²) in [5.74, 6) is 0.0453. The topological polar surface area (TPSA) is 129 Å². The summed E-state index contributed by atoms with van der Waals surface area (Å²) in [6.07, 6.45) is 0. The molecular weight excluding hydrogens is 446 g/mol. The molecule has 1 N–H and O–H groups in total. The Morgan fingerprint density at radius 3 is 2.41 bits per heavy atom. The highest BCUT2D eigenvalue weighted by Gasteiger charge is 2.23. The van der Waals surface area contributed by atoms with Gasteiger partial charge >= 0.3 is 5.97 Å². The third-order valence-electron chi connectivity index (χ3n) is 4.92. The second kappa shape index (κ2) is 12.4. The van der Waals surface area contributed by atoms with Crippen molar-refractivity contribution in [3.05, 3.63) is 58.1 Å². The van der Waals surface area contributed by atoms with Crippen LogP contribution in [-0.2, 0) is 14.3 Å². The van der Waals surface area contributed by atoms with Crippen molar-refractivity contribution in [2.75, 3.05) is 57.6 Å². The minimum absolute atomic E-state index is 0.0303. The number of nitro groups is 1. The smallest absolute Gasteiger partial charge is 0.341 e. The number of esters is 1. The van der Waals surface area contributed by atoms with Gasteiger partial charge in [-0.15, -0.1) is 0 Å². The number of non-ortho nitro benzene ring substituents is 1. The molecule has 0 saturated carbocycles. The number of hydrogen-bond acceptors (Lipinski definition) is 9. The van der Waals surface area contributed by atoms with Gasteiger partial charge in [0.25, 0.3) is 11.6 Å². The summed E-state index contributed by atoms with van der Waals surface area (Å²) < 4.78 is 21.3. The van der Waals surface area contributed by atoms with Crippen LogP contribution in [0, 0.1) is 10.1 Å². The molecule has 0 unspecified atom stereocenters. The molecule has 0 spiro atoms. The van der Waals surface area contributed by atoms with Crippen molar-refractivity contribution in [1.82, 2.24) is 5.32 Å². The normalized spacial score (nSPS) is 13.1. The van der Waals surface area contributed by atoms with Crippen LogP contribution in [0.3, 0.4) is 0 Å². The lowest BCUT2D eigenvalue weighted by Gasteiger charge is -2.30. The molecule has 182 valence electrons. The van der Waals surface area contributed by atoms with Crippen LogP contribution in [0.1, 0.15) is 17.3 Å². The average molecular weight is 473 g/mol. The lowest BCUT2D eigenvalue weighted by atomic mass is 10.1. The summed E-state index contributed by atoms with van der Waals surface area (Å²) in [5, 5.41) is 13.8. The molecule has 1 aliphatic rings. The van der Waals surface area contributed by atoms with Crippen LogP contribution in [0.15, 0.2) is 42.5 Å². The Morgan fingerprint density at radius 2 is 1.76 bits per heavy atom. The summed E-state index contributed by atoms with van der Waals surface area (Å²) in [7, 11) is 0. The van der Waals surface area contributed by atoms with Gasteiger partial charge in [-0.25, -0.2) is 4.79 Å². The first-order valence-corrected chi connectivity index (χ1v) is 10.9. The van der Waals surface area contributed by atoms with E-state index in [1.54, 1.807) is 24.3 Å². The monoisotopic (exact) mass is 473 g/mol. The van der Waals surface area contributed by atoms with Gasteiger partial charge in [0, 0.05) is 25.2 Å². The van der Waals surface area contributed by atoms with Gasteiger partial charge in [-0.05, 0) is 37.3 Å². The van der Waals surface area contributed by atoms with Gasteiger partial charge in [-0.3, -0.25) is 14.9 Å². The molecule has 0 bridgehead atoms. The van der Waals surface area contributed by atoms with E-state index in [-0.39, 0.29) is 24.4 Å². The third-order valence-corrected chi connectivity index (χ3v) is 4.92. The molecule has 1 amide bonds. The van der Waals surface area contributed by atoms with E-state index in [0.29, 0.717) is 44.3 Å². The summed E-state index contributed by atoms with van der Waals surface area (Å²) >= 11 is 0. The largest absolute Gasteiger partial charge is 0.494 e. The van der Waals surface area contributed by atoms with Crippen molar-refractivity contribution in [2.45, 2.75) is 6.92 Å². The molecule has 11 heteroatoms. The van der Waals surface area contributed by atoms with Crippen LogP contribution >= 0.6 is 0 Å². The first-order chi connectivity index (χ1) is 16.5. The Labute approximate surface area is 196 Å². The second-order valence-electron chi connectivity index (χ2n) is 7.24. The number of morpholine rings is 1. The van der Waals surface area contributed by atoms with E-state index in [1.807, 2.05) is 11.8 Å². The van der Waals surface area contributed by atoms with E-state index in [4.69, 9.17) is 18.9 Å². The highest BCUT2D eigenvalue weighted by Crippen LogP contribution is 2.27. The number of nitro benzene ring substituents is 1. The number of benzene rings is 2. The summed E-state index contributed by atoms with van der Waals surface area (Å²) in [4.78, 5) is 37.2. The molecule has 2 aromatic carbocycles. The Kier molecular flexibility index (Phi) is 9.04. The van der Waals surface area contributed by atoms with Gasteiger partial charge < -0.3 is 29.2 Å². The zero-order valence-electron chi connectivity index (χ0n) is 18.9. The van der Waals surface area contributed by atoms with Crippen LogP contribution in [-0.4, -0.2) is 69.5 Å². The number of ether oxygens (including phenoxy) is 4. The fraction of sp³-hybridized carbons (Fsp3) is 0.391. The molecule has 2 aromatic rings. The molecule has 0 atom stereocenters. The van der Waals surface area contributed by atoms with E-state index in [2.05, 4.69) is 5.32 Å². The van der Waals surface area contributed by atoms with Gasteiger partial charge in [0.05, 0.1) is 42.5 Å². The van der Waals surface area contributed by atoms with Crippen LogP contribution in [0.25, 0.3) is 0 Å². The minimum atomic E-state index is -0.814. The third kappa shape index (κ3) is 7.07. The van der Waals surface area contributed by atoms with Crippen LogP contribution < -0.4 is 19.7 Å². The number of amides is 1. The average Bonchev–Trinajstić information content (AvgIpc) is 2.86. The molecule has 1 aliphatic heterocycles. The highest BCUT2D eigenvalue weighted by molar-refractivity contribution is 5.97. The van der Waals surface area contributed by atoms with E-state index in [9.17, 15) is 19.7 Å². The second-order valence-corrected chi connectivity index (χ2v) is 7.24. The Hall–Kier alpha value is -3.86. The van der Waals surface area contributed by atoms with Crippen molar-refractivity contribution >= 4 is 23.3 Å². The van der Waals surface area contributed by atoms with E-state index >= 15 is 0 Å². The van der Waals surface area contributed by atoms with Gasteiger partial charge in [-0.2, -0.15) is 0 Å². The summed E-state index contributed by atoms with van der Waals surface area (Å²) in [6, 6.07) is 11.1. The first kappa shape index (κ1) is 24.8. The minimum Gasteiger partial charge on any atom is -0.494 e. The molecular formula is C23H27N3O8. The molecule has 1 heterocycles. The molecule has 1 saturated heterocycles. The molecule has 0 aliphatic carbocycles. The molecule has 0 radical (unpaired) electrons. The van der Waals surface area contributed by atoms with Crippen LogP contribution in [0.4, 0.5) is 11.4 Å². The number of rotatable bonds is 11. The Morgan fingerprint density at radius 1 is 1.09 bits per heavy atom. The van der Waals surface area contributed by atoms with E-state index in [1.165, 1.54) is 12.1 Å². The lowest BCUT2D eigenvalue weighted by molar-refractivity contribution is -0.384. The Bertz CT molecular complexity index is 990. The first-order valence-electron chi connectivity index (χ1n) is 10.9. The quantitative estimate of drug-likeness (QED) is 0.226. The van der Waals surface area contributed by atoms with Gasteiger partial charge in [-0.1, -0.05) is 0 Å². The zero-order chi connectivity index (χ0) is 24.3. The predicted molar refractivity (Wildman–Crippen MR) is 123 cm³/mol. The van der Waals surface area contributed by atoms with Gasteiger partial charge in [0.2, 0.25) is 0 Å². The number of anilines is 1.